The van der Waals surface area contributed by atoms with Crippen LogP contribution >= 0.6 is 0 Å². The lowest BCUT2D eigenvalue weighted by Gasteiger charge is -2.17. The standard InChI is InChI=1S/C23H26N2O4/c1-16-13-21(18(3)25(16)17(2)14-28-4)22(26)15-29-23(27)19-7-9-20(10-8-19)24-11-5-6-12-24/h5-13,17H,14-15H2,1-4H3/t17-/m0/s1. The molecule has 0 N–H and O–H groups in total. The van der Waals surface area contributed by atoms with Crippen LogP contribution in [0.5, 0.6) is 0 Å². The van der Waals surface area contributed by atoms with Crippen LogP contribution in [0, 0.1) is 13.8 Å². The van der Waals surface area contributed by atoms with Crippen molar-refractivity contribution in [2.75, 3.05) is 20.3 Å². The van der Waals surface area contributed by atoms with Crippen molar-refractivity contribution in [3.05, 3.63) is 77.4 Å². The number of ketones is 1. The number of Topliss-reactive ketones (excluding diaryl/α,β-unsaturated/α-hetero) is 1. The summed E-state index contributed by atoms with van der Waals surface area (Å²) in [5.41, 5.74) is 3.75. The van der Waals surface area contributed by atoms with E-state index in [2.05, 4.69) is 4.57 Å². The maximum absolute atomic E-state index is 12.6. The Morgan fingerprint density at radius 3 is 2.34 bits per heavy atom. The first-order valence-corrected chi connectivity index (χ1v) is 9.53. The Labute approximate surface area is 170 Å². The molecule has 3 aromatic rings. The molecule has 0 saturated carbocycles. The topological polar surface area (TPSA) is 62.5 Å². The van der Waals surface area contributed by atoms with Crippen LogP contribution in [0.3, 0.4) is 0 Å². The monoisotopic (exact) mass is 394 g/mol. The van der Waals surface area contributed by atoms with Crippen LogP contribution in [0.15, 0.2) is 54.9 Å². The summed E-state index contributed by atoms with van der Waals surface area (Å²) in [6.07, 6.45) is 3.85. The molecule has 0 aliphatic rings. The molecule has 0 aliphatic heterocycles. The molecule has 1 aromatic carbocycles. The highest BCUT2D eigenvalue weighted by Crippen LogP contribution is 2.21. The van der Waals surface area contributed by atoms with Crippen molar-refractivity contribution in [3.8, 4) is 5.69 Å². The van der Waals surface area contributed by atoms with Gasteiger partial charge in [0.25, 0.3) is 0 Å². The van der Waals surface area contributed by atoms with Gasteiger partial charge >= 0.3 is 5.97 Å². The van der Waals surface area contributed by atoms with Crippen LogP contribution in [-0.4, -0.2) is 41.2 Å². The van der Waals surface area contributed by atoms with Gasteiger partial charge in [0, 0.05) is 42.1 Å². The van der Waals surface area contributed by atoms with Gasteiger partial charge in [-0.15, -0.1) is 0 Å². The first kappa shape index (κ1) is 20.6. The zero-order chi connectivity index (χ0) is 21.0. The quantitative estimate of drug-likeness (QED) is 0.425. The summed E-state index contributed by atoms with van der Waals surface area (Å²) < 4.78 is 14.5. The minimum atomic E-state index is -0.515. The average Bonchev–Trinajstić information content (AvgIpc) is 3.34. The van der Waals surface area contributed by atoms with Crippen LogP contribution in [0.1, 0.15) is 45.1 Å². The molecule has 0 amide bonds. The van der Waals surface area contributed by atoms with E-state index in [1.54, 1.807) is 19.2 Å². The van der Waals surface area contributed by atoms with Gasteiger partial charge in [-0.05, 0) is 63.2 Å². The lowest BCUT2D eigenvalue weighted by Crippen LogP contribution is -2.17. The fourth-order valence-corrected chi connectivity index (χ4v) is 3.62. The summed E-state index contributed by atoms with van der Waals surface area (Å²) in [5.74, 6) is -0.731. The van der Waals surface area contributed by atoms with E-state index in [4.69, 9.17) is 9.47 Å². The van der Waals surface area contributed by atoms with Crippen molar-refractivity contribution in [2.45, 2.75) is 26.8 Å². The number of aromatic nitrogens is 2. The fourth-order valence-electron chi connectivity index (χ4n) is 3.62. The minimum Gasteiger partial charge on any atom is -0.454 e. The van der Waals surface area contributed by atoms with Crippen LogP contribution in [0.2, 0.25) is 0 Å². The van der Waals surface area contributed by atoms with Gasteiger partial charge in [-0.3, -0.25) is 4.79 Å². The van der Waals surface area contributed by atoms with Gasteiger partial charge in [-0.25, -0.2) is 4.79 Å². The van der Waals surface area contributed by atoms with E-state index in [1.165, 1.54) is 0 Å². The van der Waals surface area contributed by atoms with E-state index in [0.29, 0.717) is 17.7 Å². The first-order chi connectivity index (χ1) is 13.9. The Hall–Kier alpha value is -3.12. The number of aryl methyl sites for hydroxylation is 1. The molecule has 2 aromatic heterocycles. The average molecular weight is 394 g/mol. The molecular formula is C23H26N2O4. The molecule has 6 heteroatoms. The van der Waals surface area contributed by atoms with E-state index < -0.39 is 5.97 Å². The lowest BCUT2D eigenvalue weighted by molar-refractivity contribution is 0.0474. The molecule has 0 saturated heterocycles. The number of ether oxygens (including phenoxy) is 2. The van der Waals surface area contributed by atoms with Crippen LogP contribution in [-0.2, 0) is 9.47 Å². The molecule has 1 atom stereocenters. The number of carbonyl (C=O) groups is 2. The van der Waals surface area contributed by atoms with Gasteiger partial charge in [0.1, 0.15) is 0 Å². The second-order valence-corrected chi connectivity index (χ2v) is 7.10. The second kappa shape index (κ2) is 8.92. The van der Waals surface area contributed by atoms with Crippen molar-refractivity contribution in [1.29, 1.82) is 0 Å². The van der Waals surface area contributed by atoms with Gasteiger partial charge in [0.05, 0.1) is 18.2 Å². The molecule has 0 bridgehead atoms. The van der Waals surface area contributed by atoms with Crippen LogP contribution in [0.4, 0.5) is 0 Å². The van der Waals surface area contributed by atoms with Crippen LogP contribution < -0.4 is 0 Å². The molecule has 2 heterocycles. The van der Waals surface area contributed by atoms with Gasteiger partial charge in [0.2, 0.25) is 5.78 Å². The SMILES string of the molecule is COC[C@H](C)n1c(C)cc(C(=O)COC(=O)c2ccc(-n3cccc3)cc2)c1C. The predicted octanol–water partition coefficient (Wildman–Crippen LogP) is 4.14. The summed E-state index contributed by atoms with van der Waals surface area (Å²) in [6.45, 7) is 6.15. The summed E-state index contributed by atoms with van der Waals surface area (Å²) >= 11 is 0. The van der Waals surface area contributed by atoms with Crippen LogP contribution in [0.25, 0.3) is 5.69 Å². The normalized spacial score (nSPS) is 12.0. The molecule has 0 radical (unpaired) electrons. The fraction of sp³-hybridized carbons (Fsp3) is 0.304. The molecule has 152 valence electrons. The maximum atomic E-state index is 12.6. The molecule has 0 spiro atoms. The number of rotatable bonds is 8. The summed E-state index contributed by atoms with van der Waals surface area (Å²) in [4.78, 5) is 25.0. The zero-order valence-electron chi connectivity index (χ0n) is 17.2. The molecule has 0 fully saturated rings. The molecule has 29 heavy (non-hydrogen) atoms. The number of nitrogens with zero attached hydrogens (tertiary/aromatic N) is 2. The van der Waals surface area contributed by atoms with Crippen molar-refractivity contribution in [1.82, 2.24) is 9.13 Å². The number of esters is 1. The summed E-state index contributed by atoms with van der Waals surface area (Å²) in [6, 6.07) is 12.9. The highest BCUT2D eigenvalue weighted by molar-refractivity contribution is 6.00. The number of carbonyl (C=O) groups excluding carboxylic acids is 2. The smallest absolute Gasteiger partial charge is 0.338 e. The van der Waals surface area contributed by atoms with Crippen molar-refractivity contribution >= 4 is 11.8 Å². The Morgan fingerprint density at radius 2 is 1.72 bits per heavy atom. The number of hydrogen-bond donors (Lipinski definition) is 0. The van der Waals surface area contributed by atoms with Gasteiger partial charge in [-0.2, -0.15) is 0 Å². The number of hydrogen-bond acceptors (Lipinski definition) is 4. The molecule has 0 aliphatic carbocycles. The molecule has 3 rings (SSSR count). The third-order valence-corrected chi connectivity index (χ3v) is 4.97. The Bertz CT molecular complexity index is 985. The highest BCUT2D eigenvalue weighted by atomic mass is 16.5. The zero-order valence-corrected chi connectivity index (χ0v) is 17.2. The van der Waals surface area contributed by atoms with E-state index >= 15 is 0 Å². The van der Waals surface area contributed by atoms with E-state index in [0.717, 1.165) is 17.1 Å². The lowest BCUT2D eigenvalue weighted by atomic mass is 10.1. The Balaban J connectivity index is 1.65. The van der Waals surface area contributed by atoms with Gasteiger partial charge in [-0.1, -0.05) is 0 Å². The van der Waals surface area contributed by atoms with E-state index in [1.807, 2.05) is 68.1 Å². The highest BCUT2D eigenvalue weighted by Gasteiger charge is 2.20. The number of methoxy groups -OCH3 is 1. The maximum Gasteiger partial charge on any atom is 0.338 e. The van der Waals surface area contributed by atoms with Gasteiger partial charge < -0.3 is 18.6 Å². The van der Waals surface area contributed by atoms with Crippen molar-refractivity contribution in [3.63, 3.8) is 0 Å². The Kier molecular flexibility index (Phi) is 6.34. The molecule has 0 unspecified atom stereocenters. The number of benzene rings is 1. The largest absolute Gasteiger partial charge is 0.454 e. The first-order valence-electron chi connectivity index (χ1n) is 9.53. The summed E-state index contributed by atoms with van der Waals surface area (Å²) in [7, 11) is 1.65. The predicted molar refractivity (Wildman–Crippen MR) is 111 cm³/mol. The third kappa shape index (κ3) is 4.49. The molecular weight excluding hydrogens is 368 g/mol. The Morgan fingerprint density at radius 1 is 1.07 bits per heavy atom. The van der Waals surface area contributed by atoms with E-state index in [-0.39, 0.29) is 18.4 Å². The van der Waals surface area contributed by atoms with Crippen molar-refractivity contribution < 1.29 is 19.1 Å². The van der Waals surface area contributed by atoms with Gasteiger partial charge in [0.15, 0.2) is 6.61 Å². The minimum absolute atomic E-state index is 0.114. The third-order valence-electron chi connectivity index (χ3n) is 4.97. The molecule has 6 nitrogen and oxygen atoms in total. The second-order valence-electron chi connectivity index (χ2n) is 7.10. The van der Waals surface area contributed by atoms with E-state index in [9.17, 15) is 9.59 Å². The summed E-state index contributed by atoms with van der Waals surface area (Å²) in [5, 5.41) is 0. The van der Waals surface area contributed by atoms with Crippen molar-refractivity contribution in [2.24, 2.45) is 0 Å².